The maximum atomic E-state index is 4.38. The Hall–Kier alpha value is -1.29. The molecule has 2 unspecified atom stereocenters. The summed E-state index contributed by atoms with van der Waals surface area (Å²) in [5.41, 5.74) is 2.09. The maximum absolute atomic E-state index is 4.38. The summed E-state index contributed by atoms with van der Waals surface area (Å²) in [4.78, 5) is 0. The Morgan fingerprint density at radius 2 is 1.95 bits per heavy atom. The first-order chi connectivity index (χ1) is 9.80. The fourth-order valence-electron chi connectivity index (χ4n) is 2.56. The second-order valence-corrected chi connectivity index (χ2v) is 6.07. The first-order valence-electron chi connectivity index (χ1n) is 7.30. The summed E-state index contributed by atoms with van der Waals surface area (Å²) in [6.45, 7) is 4.48. The zero-order valence-electron chi connectivity index (χ0n) is 12.5. The lowest BCUT2D eigenvalue weighted by atomic mass is 10.1. The molecule has 4 heteroatoms. The molecule has 1 aromatic heterocycles. The minimum Gasteiger partial charge on any atom is -0.248 e. The van der Waals surface area contributed by atoms with Gasteiger partial charge in [-0.3, -0.25) is 0 Å². The van der Waals surface area contributed by atoms with Crippen molar-refractivity contribution in [1.29, 1.82) is 0 Å². The molecule has 2 aromatic rings. The molecule has 1 aromatic carbocycles. The Morgan fingerprint density at radius 3 is 2.55 bits per heavy atom. The summed E-state index contributed by atoms with van der Waals surface area (Å²) in [6, 6.07) is 10.7. The summed E-state index contributed by atoms with van der Waals surface area (Å²) >= 11 is 1.93. The normalized spacial score (nSPS) is 14.2. The number of aromatic nitrogens is 3. The van der Waals surface area contributed by atoms with Gasteiger partial charge in [-0.1, -0.05) is 55.8 Å². The van der Waals surface area contributed by atoms with Gasteiger partial charge in [-0.05, 0) is 19.1 Å². The molecule has 0 saturated carbocycles. The Balaban J connectivity index is 2.25. The van der Waals surface area contributed by atoms with Crippen LogP contribution in [0, 0.1) is 0 Å². The minimum atomic E-state index is 0.435. The van der Waals surface area contributed by atoms with Crippen molar-refractivity contribution in [1.82, 2.24) is 15.0 Å². The van der Waals surface area contributed by atoms with Gasteiger partial charge in [-0.2, -0.15) is 11.8 Å². The predicted molar refractivity (Wildman–Crippen MR) is 87.0 cm³/mol. The molecule has 0 amide bonds. The van der Waals surface area contributed by atoms with Crippen LogP contribution in [0.1, 0.15) is 39.2 Å². The molecule has 0 N–H and O–H groups in total. The summed E-state index contributed by atoms with van der Waals surface area (Å²) in [6.07, 6.45) is 7.76. The van der Waals surface area contributed by atoms with E-state index in [9.17, 15) is 0 Å². The van der Waals surface area contributed by atoms with E-state index in [-0.39, 0.29) is 0 Å². The average molecular weight is 289 g/mol. The average Bonchev–Trinajstić information content (AvgIpc) is 2.98. The standard InChI is InChI=1S/C16H23N3S/c1-4-9-15(16(5-2)20-3)19-12-14(17-18-19)13-10-7-6-8-11-13/h6-8,10-12,15-16H,4-5,9H2,1-3H3. The fraction of sp³-hybridized carbons (Fsp3) is 0.500. The molecule has 20 heavy (non-hydrogen) atoms. The van der Waals surface area contributed by atoms with Crippen molar-refractivity contribution in [2.24, 2.45) is 0 Å². The van der Waals surface area contributed by atoms with E-state index in [1.165, 1.54) is 6.42 Å². The van der Waals surface area contributed by atoms with Gasteiger partial charge in [0.1, 0.15) is 5.69 Å². The Labute approximate surface area is 125 Å². The molecule has 0 spiro atoms. The van der Waals surface area contributed by atoms with Crippen LogP contribution in [0.5, 0.6) is 0 Å². The summed E-state index contributed by atoms with van der Waals surface area (Å²) in [5, 5.41) is 9.32. The zero-order valence-corrected chi connectivity index (χ0v) is 13.3. The van der Waals surface area contributed by atoms with E-state index in [4.69, 9.17) is 0 Å². The Kier molecular flexibility index (Phi) is 5.65. The highest BCUT2D eigenvalue weighted by Crippen LogP contribution is 2.29. The monoisotopic (exact) mass is 289 g/mol. The molecule has 2 atom stereocenters. The van der Waals surface area contributed by atoms with E-state index in [1.807, 2.05) is 30.0 Å². The number of hydrogen-bond acceptors (Lipinski definition) is 3. The molecule has 0 aliphatic heterocycles. The van der Waals surface area contributed by atoms with E-state index in [0.29, 0.717) is 11.3 Å². The minimum absolute atomic E-state index is 0.435. The molecular formula is C16H23N3S. The first kappa shape index (κ1) is 15.1. The number of hydrogen-bond donors (Lipinski definition) is 0. The van der Waals surface area contributed by atoms with Gasteiger partial charge in [0, 0.05) is 10.8 Å². The van der Waals surface area contributed by atoms with Crippen molar-refractivity contribution in [3.8, 4) is 11.3 Å². The summed E-state index contributed by atoms with van der Waals surface area (Å²) in [7, 11) is 0. The molecule has 108 valence electrons. The van der Waals surface area contributed by atoms with Crippen LogP contribution in [0.3, 0.4) is 0 Å². The first-order valence-corrected chi connectivity index (χ1v) is 8.59. The molecule has 0 bridgehead atoms. The van der Waals surface area contributed by atoms with Crippen LogP contribution >= 0.6 is 11.8 Å². The third kappa shape index (κ3) is 3.42. The smallest absolute Gasteiger partial charge is 0.113 e. The van der Waals surface area contributed by atoms with E-state index in [1.54, 1.807) is 0 Å². The zero-order chi connectivity index (χ0) is 14.4. The van der Waals surface area contributed by atoms with Crippen molar-refractivity contribution in [2.75, 3.05) is 6.26 Å². The lowest BCUT2D eigenvalue weighted by Crippen LogP contribution is -2.21. The molecule has 0 aliphatic carbocycles. The molecule has 0 radical (unpaired) electrons. The van der Waals surface area contributed by atoms with Gasteiger partial charge in [0.25, 0.3) is 0 Å². The van der Waals surface area contributed by atoms with Gasteiger partial charge in [0.05, 0.1) is 12.2 Å². The van der Waals surface area contributed by atoms with E-state index >= 15 is 0 Å². The second kappa shape index (κ2) is 7.48. The molecule has 1 heterocycles. The third-order valence-electron chi connectivity index (χ3n) is 3.64. The topological polar surface area (TPSA) is 30.7 Å². The van der Waals surface area contributed by atoms with E-state index in [0.717, 1.165) is 24.1 Å². The number of rotatable bonds is 7. The van der Waals surface area contributed by atoms with Crippen LogP contribution in [-0.2, 0) is 0 Å². The van der Waals surface area contributed by atoms with Gasteiger partial charge in [-0.25, -0.2) is 4.68 Å². The predicted octanol–water partition coefficient (Wildman–Crippen LogP) is 4.43. The third-order valence-corrected chi connectivity index (χ3v) is 4.89. The molecule has 0 fully saturated rings. The number of thioether (sulfide) groups is 1. The largest absolute Gasteiger partial charge is 0.248 e. The molecule has 3 nitrogen and oxygen atoms in total. The van der Waals surface area contributed by atoms with Crippen molar-refractivity contribution in [2.45, 2.75) is 44.4 Å². The van der Waals surface area contributed by atoms with Crippen molar-refractivity contribution >= 4 is 11.8 Å². The quantitative estimate of drug-likeness (QED) is 0.755. The van der Waals surface area contributed by atoms with E-state index < -0.39 is 0 Å². The van der Waals surface area contributed by atoms with Crippen molar-refractivity contribution in [3.05, 3.63) is 36.5 Å². The molecule has 2 rings (SSSR count). The number of nitrogens with zero attached hydrogens (tertiary/aromatic N) is 3. The van der Waals surface area contributed by atoms with Crippen molar-refractivity contribution < 1.29 is 0 Å². The van der Waals surface area contributed by atoms with Crippen LogP contribution < -0.4 is 0 Å². The number of benzene rings is 1. The summed E-state index contributed by atoms with van der Waals surface area (Å²) in [5.74, 6) is 0. The van der Waals surface area contributed by atoms with E-state index in [2.05, 4.69) is 53.4 Å². The van der Waals surface area contributed by atoms with Gasteiger partial charge in [0.2, 0.25) is 0 Å². The fourth-order valence-corrected chi connectivity index (χ4v) is 3.47. The molecule has 0 aliphatic rings. The molecular weight excluding hydrogens is 266 g/mol. The lowest BCUT2D eigenvalue weighted by Gasteiger charge is -2.24. The van der Waals surface area contributed by atoms with Crippen LogP contribution in [-0.4, -0.2) is 26.5 Å². The van der Waals surface area contributed by atoms with Crippen molar-refractivity contribution in [3.63, 3.8) is 0 Å². The highest BCUT2D eigenvalue weighted by Gasteiger charge is 2.21. The van der Waals surface area contributed by atoms with Gasteiger partial charge in [0.15, 0.2) is 0 Å². The van der Waals surface area contributed by atoms with Crippen LogP contribution in [0.4, 0.5) is 0 Å². The Bertz CT molecular complexity index is 505. The summed E-state index contributed by atoms with van der Waals surface area (Å²) < 4.78 is 2.07. The Morgan fingerprint density at radius 1 is 1.20 bits per heavy atom. The van der Waals surface area contributed by atoms with Crippen LogP contribution in [0.15, 0.2) is 36.5 Å². The van der Waals surface area contributed by atoms with Gasteiger partial charge >= 0.3 is 0 Å². The second-order valence-electron chi connectivity index (χ2n) is 4.99. The highest BCUT2D eigenvalue weighted by atomic mass is 32.2. The lowest BCUT2D eigenvalue weighted by molar-refractivity contribution is 0.393. The SMILES string of the molecule is CCCC(C(CC)SC)n1cc(-c2ccccc2)nn1. The van der Waals surface area contributed by atoms with Crippen LogP contribution in [0.2, 0.25) is 0 Å². The molecule has 0 saturated heterocycles. The van der Waals surface area contributed by atoms with Gasteiger partial charge in [-0.15, -0.1) is 5.10 Å². The maximum Gasteiger partial charge on any atom is 0.113 e. The highest BCUT2D eigenvalue weighted by molar-refractivity contribution is 7.99. The van der Waals surface area contributed by atoms with Gasteiger partial charge < -0.3 is 0 Å². The van der Waals surface area contributed by atoms with Crippen LogP contribution in [0.25, 0.3) is 11.3 Å².